The van der Waals surface area contributed by atoms with Gasteiger partial charge < -0.3 is 5.11 Å². The molecule has 1 unspecified atom stereocenters. The van der Waals surface area contributed by atoms with E-state index in [4.69, 9.17) is 0 Å². The lowest BCUT2D eigenvalue weighted by Crippen LogP contribution is -2.03. The Labute approximate surface area is 105 Å². The van der Waals surface area contributed by atoms with Crippen LogP contribution in [0.1, 0.15) is 17.2 Å². The SMILES string of the molecule is CS(=O)(=O)c1cccc(C(O)c2cncnc2)c1. The molecule has 0 saturated heterocycles. The van der Waals surface area contributed by atoms with Gasteiger partial charge in [-0.2, -0.15) is 0 Å². The molecule has 0 fully saturated rings. The Morgan fingerprint density at radius 1 is 1.17 bits per heavy atom. The Morgan fingerprint density at radius 3 is 2.44 bits per heavy atom. The first-order valence-electron chi connectivity index (χ1n) is 5.21. The van der Waals surface area contributed by atoms with Crippen LogP contribution in [0.15, 0.2) is 47.9 Å². The molecule has 0 amide bonds. The van der Waals surface area contributed by atoms with Crippen LogP contribution < -0.4 is 0 Å². The van der Waals surface area contributed by atoms with E-state index < -0.39 is 15.9 Å². The maximum absolute atomic E-state index is 11.4. The molecule has 0 radical (unpaired) electrons. The second kappa shape index (κ2) is 4.83. The zero-order valence-electron chi connectivity index (χ0n) is 9.69. The van der Waals surface area contributed by atoms with Gasteiger partial charge in [0.1, 0.15) is 12.4 Å². The summed E-state index contributed by atoms with van der Waals surface area (Å²) in [5.74, 6) is 0. The molecule has 1 N–H and O–H groups in total. The predicted octanol–water partition coefficient (Wildman–Crippen LogP) is 0.962. The van der Waals surface area contributed by atoms with Crippen LogP contribution in [0.2, 0.25) is 0 Å². The standard InChI is InChI=1S/C12H12N2O3S/c1-18(16,17)11-4-2-3-9(5-11)12(15)10-6-13-8-14-7-10/h2-8,12,15H,1H3. The van der Waals surface area contributed by atoms with E-state index in [1.54, 1.807) is 12.1 Å². The van der Waals surface area contributed by atoms with Gasteiger partial charge in [0.15, 0.2) is 9.84 Å². The molecule has 2 aromatic rings. The summed E-state index contributed by atoms with van der Waals surface area (Å²) in [5.41, 5.74) is 1.01. The van der Waals surface area contributed by atoms with E-state index in [2.05, 4.69) is 9.97 Å². The summed E-state index contributed by atoms with van der Waals surface area (Å²) in [4.78, 5) is 7.80. The third-order valence-corrected chi connectivity index (χ3v) is 3.61. The first-order valence-corrected chi connectivity index (χ1v) is 7.10. The minimum atomic E-state index is -3.28. The molecule has 0 aliphatic rings. The summed E-state index contributed by atoms with van der Waals surface area (Å²) in [7, 11) is -3.28. The summed E-state index contributed by atoms with van der Waals surface area (Å²) in [6.45, 7) is 0. The number of hydrogen-bond donors (Lipinski definition) is 1. The fourth-order valence-electron chi connectivity index (χ4n) is 1.56. The summed E-state index contributed by atoms with van der Waals surface area (Å²) in [6, 6.07) is 6.20. The van der Waals surface area contributed by atoms with Crippen molar-refractivity contribution >= 4 is 9.84 Å². The van der Waals surface area contributed by atoms with Gasteiger partial charge in [-0.05, 0) is 17.7 Å². The Bertz CT molecular complexity index is 641. The van der Waals surface area contributed by atoms with Gasteiger partial charge in [0, 0.05) is 24.2 Å². The lowest BCUT2D eigenvalue weighted by Gasteiger charge is -2.11. The summed E-state index contributed by atoms with van der Waals surface area (Å²) in [6.07, 6.45) is 4.54. The highest BCUT2D eigenvalue weighted by Crippen LogP contribution is 2.22. The number of sulfone groups is 1. The summed E-state index contributed by atoms with van der Waals surface area (Å²) in [5, 5.41) is 10.1. The molecule has 1 aromatic heterocycles. The molecular weight excluding hydrogens is 252 g/mol. The number of aliphatic hydroxyl groups excluding tert-OH is 1. The van der Waals surface area contributed by atoms with Gasteiger partial charge in [0.05, 0.1) is 4.90 Å². The number of aliphatic hydroxyl groups is 1. The highest BCUT2D eigenvalue weighted by atomic mass is 32.2. The minimum Gasteiger partial charge on any atom is -0.384 e. The van der Waals surface area contributed by atoms with Crippen molar-refractivity contribution in [3.63, 3.8) is 0 Å². The van der Waals surface area contributed by atoms with E-state index in [9.17, 15) is 13.5 Å². The molecule has 0 spiro atoms. The normalized spacial score (nSPS) is 13.2. The van der Waals surface area contributed by atoms with Crippen molar-refractivity contribution in [1.29, 1.82) is 0 Å². The Morgan fingerprint density at radius 2 is 1.83 bits per heavy atom. The van der Waals surface area contributed by atoms with E-state index in [0.717, 1.165) is 6.26 Å². The van der Waals surface area contributed by atoms with Crippen LogP contribution in [0.25, 0.3) is 0 Å². The largest absolute Gasteiger partial charge is 0.384 e. The molecule has 94 valence electrons. The molecule has 1 atom stereocenters. The number of aromatic nitrogens is 2. The van der Waals surface area contributed by atoms with Crippen LogP contribution in [0, 0.1) is 0 Å². The highest BCUT2D eigenvalue weighted by molar-refractivity contribution is 7.90. The van der Waals surface area contributed by atoms with E-state index >= 15 is 0 Å². The van der Waals surface area contributed by atoms with Crippen LogP contribution in [0.3, 0.4) is 0 Å². The minimum absolute atomic E-state index is 0.177. The lowest BCUT2D eigenvalue weighted by atomic mass is 10.0. The van der Waals surface area contributed by atoms with Gasteiger partial charge in [-0.3, -0.25) is 0 Å². The molecule has 2 rings (SSSR count). The van der Waals surface area contributed by atoms with Gasteiger partial charge in [-0.25, -0.2) is 18.4 Å². The molecule has 1 aromatic carbocycles. The molecule has 0 saturated carbocycles. The molecule has 1 heterocycles. The average molecular weight is 264 g/mol. The third-order valence-electron chi connectivity index (χ3n) is 2.50. The molecule has 18 heavy (non-hydrogen) atoms. The fraction of sp³-hybridized carbons (Fsp3) is 0.167. The van der Waals surface area contributed by atoms with Crippen LogP contribution >= 0.6 is 0 Å². The number of rotatable bonds is 3. The van der Waals surface area contributed by atoms with Gasteiger partial charge in [-0.15, -0.1) is 0 Å². The zero-order chi connectivity index (χ0) is 13.2. The molecule has 0 aliphatic heterocycles. The predicted molar refractivity (Wildman–Crippen MR) is 65.6 cm³/mol. The van der Waals surface area contributed by atoms with Crippen LogP contribution in [-0.2, 0) is 9.84 Å². The molecular formula is C12H12N2O3S. The maximum atomic E-state index is 11.4. The van der Waals surface area contributed by atoms with Crippen molar-refractivity contribution < 1.29 is 13.5 Å². The summed E-state index contributed by atoms with van der Waals surface area (Å²) >= 11 is 0. The summed E-state index contributed by atoms with van der Waals surface area (Å²) < 4.78 is 22.9. The second-order valence-electron chi connectivity index (χ2n) is 3.92. The van der Waals surface area contributed by atoms with Crippen molar-refractivity contribution in [1.82, 2.24) is 9.97 Å². The number of benzene rings is 1. The van der Waals surface area contributed by atoms with Crippen molar-refractivity contribution in [2.45, 2.75) is 11.0 Å². The van der Waals surface area contributed by atoms with Crippen molar-refractivity contribution in [3.8, 4) is 0 Å². The number of nitrogens with zero attached hydrogens (tertiary/aromatic N) is 2. The lowest BCUT2D eigenvalue weighted by molar-refractivity contribution is 0.219. The van der Waals surface area contributed by atoms with E-state index in [1.807, 2.05) is 0 Å². The van der Waals surface area contributed by atoms with Crippen LogP contribution in [-0.4, -0.2) is 29.7 Å². The second-order valence-corrected chi connectivity index (χ2v) is 5.93. The first-order chi connectivity index (χ1) is 8.48. The quantitative estimate of drug-likeness (QED) is 0.893. The molecule has 0 aliphatic carbocycles. The van der Waals surface area contributed by atoms with Gasteiger partial charge in [-0.1, -0.05) is 12.1 Å². The average Bonchev–Trinajstić information content (AvgIpc) is 2.38. The van der Waals surface area contributed by atoms with Crippen molar-refractivity contribution in [2.24, 2.45) is 0 Å². The van der Waals surface area contributed by atoms with E-state index in [1.165, 1.54) is 30.9 Å². The van der Waals surface area contributed by atoms with Gasteiger partial charge >= 0.3 is 0 Å². The topological polar surface area (TPSA) is 80.2 Å². The Hall–Kier alpha value is -1.79. The maximum Gasteiger partial charge on any atom is 0.175 e. The Kier molecular flexibility index (Phi) is 3.40. The van der Waals surface area contributed by atoms with Crippen molar-refractivity contribution in [3.05, 3.63) is 54.1 Å². The van der Waals surface area contributed by atoms with Crippen molar-refractivity contribution in [2.75, 3.05) is 6.26 Å². The van der Waals surface area contributed by atoms with Crippen LogP contribution in [0.4, 0.5) is 0 Å². The molecule has 6 heteroatoms. The van der Waals surface area contributed by atoms with Crippen LogP contribution in [0.5, 0.6) is 0 Å². The van der Waals surface area contributed by atoms with Gasteiger partial charge in [0.25, 0.3) is 0 Å². The molecule has 0 bridgehead atoms. The highest BCUT2D eigenvalue weighted by Gasteiger charge is 2.14. The Balaban J connectivity index is 2.41. The third kappa shape index (κ3) is 2.72. The fourth-order valence-corrected chi connectivity index (χ4v) is 2.24. The smallest absolute Gasteiger partial charge is 0.175 e. The zero-order valence-corrected chi connectivity index (χ0v) is 10.5. The molecule has 5 nitrogen and oxygen atoms in total. The van der Waals surface area contributed by atoms with Gasteiger partial charge in [0.2, 0.25) is 0 Å². The number of hydrogen-bond acceptors (Lipinski definition) is 5. The van der Waals surface area contributed by atoms with E-state index in [-0.39, 0.29) is 4.90 Å². The monoisotopic (exact) mass is 264 g/mol. The van der Waals surface area contributed by atoms with E-state index in [0.29, 0.717) is 11.1 Å². The first kappa shape index (κ1) is 12.7.